The summed E-state index contributed by atoms with van der Waals surface area (Å²) in [6.07, 6.45) is 1.90. The number of anilines is 1. The molecule has 0 bridgehead atoms. The van der Waals surface area contributed by atoms with E-state index < -0.39 is 5.60 Å². The highest BCUT2D eigenvalue weighted by Gasteiger charge is 2.55. The molecule has 172 valence electrons. The minimum absolute atomic E-state index is 0.140. The Morgan fingerprint density at radius 1 is 1.10 bits per heavy atom. The van der Waals surface area contributed by atoms with Gasteiger partial charge in [-0.05, 0) is 54.4 Å². The van der Waals surface area contributed by atoms with Crippen molar-refractivity contribution >= 4 is 17.8 Å². The number of ether oxygens (including phenoxy) is 1. The van der Waals surface area contributed by atoms with Gasteiger partial charge in [0.25, 0.3) is 0 Å². The normalized spacial score (nSPS) is 26.0. The van der Waals surface area contributed by atoms with Gasteiger partial charge in [-0.2, -0.15) is 5.10 Å². The van der Waals surface area contributed by atoms with Crippen LogP contribution in [0.25, 0.3) is 0 Å². The van der Waals surface area contributed by atoms with Crippen molar-refractivity contribution in [3.8, 4) is 0 Å². The summed E-state index contributed by atoms with van der Waals surface area (Å²) in [5, 5.41) is 4.99. The lowest BCUT2D eigenvalue weighted by Gasteiger charge is -2.58. The van der Waals surface area contributed by atoms with E-state index >= 15 is 0 Å². The smallest absolute Gasteiger partial charge is 0.410 e. The minimum Gasteiger partial charge on any atom is -0.444 e. The van der Waals surface area contributed by atoms with Crippen LogP contribution < -0.4 is 4.90 Å². The molecule has 31 heavy (non-hydrogen) atoms. The molecule has 8 heteroatoms. The molecule has 0 aromatic carbocycles. The molecule has 1 saturated carbocycles. The van der Waals surface area contributed by atoms with Crippen LogP contribution in [0.4, 0.5) is 10.6 Å². The van der Waals surface area contributed by atoms with Gasteiger partial charge in [-0.3, -0.25) is 9.48 Å². The first kappa shape index (κ1) is 22.0. The number of carbonyl (C=O) groups excluding carboxylic acids is 2. The molecule has 0 radical (unpaired) electrons. The fourth-order valence-corrected chi connectivity index (χ4v) is 5.59. The Morgan fingerprint density at radius 3 is 2.19 bits per heavy atom. The second-order valence-electron chi connectivity index (χ2n) is 11.0. The van der Waals surface area contributed by atoms with Crippen molar-refractivity contribution in [1.82, 2.24) is 19.6 Å². The molecule has 4 rings (SSSR count). The summed E-state index contributed by atoms with van der Waals surface area (Å²) in [5.74, 6) is 1.14. The predicted octanol–water partition coefficient (Wildman–Crippen LogP) is 3.21. The molecule has 2 saturated heterocycles. The molecule has 3 heterocycles. The van der Waals surface area contributed by atoms with E-state index in [2.05, 4.69) is 36.4 Å². The van der Waals surface area contributed by atoms with Gasteiger partial charge in [-0.1, -0.05) is 0 Å². The predicted molar refractivity (Wildman–Crippen MR) is 119 cm³/mol. The third-order valence-corrected chi connectivity index (χ3v) is 6.93. The minimum atomic E-state index is -0.450. The maximum Gasteiger partial charge on any atom is 0.410 e. The number of hydrogen-bond donors (Lipinski definition) is 0. The van der Waals surface area contributed by atoms with Crippen molar-refractivity contribution in [2.45, 2.75) is 85.0 Å². The Hall–Kier alpha value is -2.25. The van der Waals surface area contributed by atoms with Crippen LogP contribution in [0.3, 0.4) is 0 Å². The molecule has 1 aliphatic carbocycles. The fraction of sp³-hybridized carbons (Fsp3) is 0.783. The van der Waals surface area contributed by atoms with Crippen LogP contribution in [0.1, 0.15) is 66.1 Å². The first-order valence-electron chi connectivity index (χ1n) is 11.5. The Bertz CT molecular complexity index is 847. The molecule has 1 spiro atoms. The second kappa shape index (κ2) is 7.41. The largest absolute Gasteiger partial charge is 0.444 e. The summed E-state index contributed by atoms with van der Waals surface area (Å²) in [6.45, 7) is 16.8. The molecule has 8 nitrogen and oxygen atoms in total. The maximum absolute atomic E-state index is 12.2. The lowest BCUT2D eigenvalue weighted by molar-refractivity contribution is -0.130. The van der Waals surface area contributed by atoms with E-state index in [-0.39, 0.29) is 29.5 Å². The zero-order chi connectivity index (χ0) is 22.7. The van der Waals surface area contributed by atoms with Crippen molar-refractivity contribution in [1.29, 1.82) is 0 Å². The molecule has 2 aliphatic heterocycles. The number of aromatic nitrogens is 2. The van der Waals surface area contributed by atoms with Gasteiger partial charge >= 0.3 is 6.09 Å². The van der Waals surface area contributed by atoms with Gasteiger partial charge in [0, 0.05) is 62.4 Å². The van der Waals surface area contributed by atoms with Gasteiger partial charge in [-0.15, -0.1) is 0 Å². The molecule has 3 aliphatic rings. The first-order chi connectivity index (χ1) is 14.4. The average molecular weight is 432 g/mol. The van der Waals surface area contributed by atoms with Crippen LogP contribution in [0.2, 0.25) is 0 Å². The van der Waals surface area contributed by atoms with E-state index in [0.717, 1.165) is 44.8 Å². The van der Waals surface area contributed by atoms with Crippen molar-refractivity contribution in [2.24, 2.45) is 5.41 Å². The zero-order valence-corrected chi connectivity index (χ0v) is 20.0. The number of carbonyl (C=O) groups is 2. The van der Waals surface area contributed by atoms with Crippen molar-refractivity contribution < 1.29 is 14.3 Å². The summed E-state index contributed by atoms with van der Waals surface area (Å²) < 4.78 is 7.66. The first-order valence-corrected chi connectivity index (χ1v) is 11.5. The van der Waals surface area contributed by atoms with E-state index in [9.17, 15) is 9.59 Å². The van der Waals surface area contributed by atoms with Gasteiger partial charge in [0.15, 0.2) is 5.82 Å². The molecule has 1 aromatic rings. The quantitative estimate of drug-likeness (QED) is 0.719. The van der Waals surface area contributed by atoms with Crippen molar-refractivity contribution in [2.75, 3.05) is 31.1 Å². The van der Waals surface area contributed by atoms with Gasteiger partial charge in [0.1, 0.15) is 5.60 Å². The summed E-state index contributed by atoms with van der Waals surface area (Å²) in [5.41, 5.74) is 0.953. The van der Waals surface area contributed by atoms with Crippen LogP contribution in [0, 0.1) is 12.3 Å². The SMILES string of the molecule is CC(=O)N1C[C@@H](C)N(c2cc(C)n(C3CC4(C3)CN(C(=O)OC(C)(C)C)C4)n2)[C@@H](C)C1. The van der Waals surface area contributed by atoms with Crippen LogP contribution in [-0.4, -0.2) is 75.4 Å². The zero-order valence-electron chi connectivity index (χ0n) is 20.0. The molecule has 2 amide bonds. The Morgan fingerprint density at radius 2 is 1.68 bits per heavy atom. The van der Waals surface area contributed by atoms with E-state index in [1.54, 1.807) is 6.92 Å². The third kappa shape index (κ3) is 4.13. The molecular weight excluding hydrogens is 394 g/mol. The molecule has 3 fully saturated rings. The van der Waals surface area contributed by atoms with Gasteiger partial charge in [0.2, 0.25) is 5.91 Å². The highest BCUT2D eigenvalue weighted by atomic mass is 16.6. The third-order valence-electron chi connectivity index (χ3n) is 6.93. The highest BCUT2D eigenvalue weighted by Crippen LogP contribution is 2.54. The maximum atomic E-state index is 12.2. The Labute approximate surface area is 185 Å². The summed E-state index contributed by atoms with van der Waals surface area (Å²) in [6, 6.07) is 3.03. The Kier molecular flexibility index (Phi) is 5.25. The molecule has 0 N–H and O–H groups in total. The van der Waals surface area contributed by atoms with Crippen LogP contribution in [-0.2, 0) is 9.53 Å². The van der Waals surface area contributed by atoms with Gasteiger partial charge < -0.3 is 19.4 Å². The monoisotopic (exact) mass is 431 g/mol. The molecule has 2 atom stereocenters. The van der Waals surface area contributed by atoms with Crippen LogP contribution in [0.15, 0.2) is 6.07 Å². The number of nitrogens with zero attached hydrogens (tertiary/aromatic N) is 5. The number of piperazine rings is 1. The summed E-state index contributed by atoms with van der Waals surface area (Å²) in [7, 11) is 0. The standard InChI is InChI=1S/C23H37N5O3/c1-15-8-20(27-16(2)11-25(18(4)29)12-17(27)3)24-28(15)19-9-23(10-19)13-26(14-23)21(30)31-22(5,6)7/h8,16-17,19H,9-14H2,1-7H3/t16-,17+. The van der Waals surface area contributed by atoms with Gasteiger partial charge in [-0.25, -0.2) is 4.79 Å². The van der Waals surface area contributed by atoms with E-state index in [1.165, 1.54) is 5.69 Å². The lowest BCUT2D eigenvalue weighted by atomic mass is 9.61. The number of amides is 2. The average Bonchev–Trinajstić information content (AvgIpc) is 2.91. The molecule has 0 unspecified atom stereocenters. The fourth-order valence-electron chi connectivity index (χ4n) is 5.59. The van der Waals surface area contributed by atoms with Gasteiger partial charge in [0.05, 0.1) is 6.04 Å². The highest BCUT2D eigenvalue weighted by molar-refractivity contribution is 5.73. The Balaban J connectivity index is 1.36. The van der Waals surface area contributed by atoms with E-state index in [0.29, 0.717) is 6.04 Å². The second-order valence-corrected chi connectivity index (χ2v) is 11.0. The van der Waals surface area contributed by atoms with E-state index in [1.807, 2.05) is 30.6 Å². The summed E-state index contributed by atoms with van der Waals surface area (Å²) >= 11 is 0. The van der Waals surface area contributed by atoms with Crippen molar-refractivity contribution in [3.63, 3.8) is 0 Å². The number of rotatable bonds is 2. The van der Waals surface area contributed by atoms with Crippen LogP contribution in [0.5, 0.6) is 0 Å². The number of aryl methyl sites for hydroxylation is 1. The topological polar surface area (TPSA) is 70.9 Å². The molecular formula is C23H37N5O3. The van der Waals surface area contributed by atoms with E-state index in [4.69, 9.17) is 9.84 Å². The number of likely N-dealkylation sites (tertiary alicyclic amines) is 1. The number of hydrogen-bond acceptors (Lipinski definition) is 5. The van der Waals surface area contributed by atoms with Crippen molar-refractivity contribution in [3.05, 3.63) is 11.8 Å². The molecule has 1 aromatic heterocycles. The summed E-state index contributed by atoms with van der Waals surface area (Å²) in [4.78, 5) is 30.1. The van der Waals surface area contributed by atoms with Crippen LogP contribution >= 0.6 is 0 Å². The lowest BCUT2D eigenvalue weighted by Crippen LogP contribution is -2.64.